The third-order valence-electron chi connectivity index (χ3n) is 3.68. The van der Waals surface area contributed by atoms with Crippen LogP contribution in [0.2, 0.25) is 0 Å². The molecular weight excluding hydrogens is 360 g/mol. The predicted octanol–water partition coefficient (Wildman–Crippen LogP) is 2.82. The van der Waals surface area contributed by atoms with Crippen molar-refractivity contribution in [2.24, 2.45) is 0 Å². The molecule has 0 atom stereocenters. The molecule has 0 aliphatic carbocycles. The van der Waals surface area contributed by atoms with Gasteiger partial charge in [-0.15, -0.1) is 0 Å². The fourth-order valence-corrected chi connectivity index (χ4v) is 2.27. The van der Waals surface area contributed by atoms with Crippen LogP contribution in [0.1, 0.15) is 21.5 Å². The number of phenols is 1. The SMILES string of the molecule is Cc1cccc(C(=O)OCC(=O)NCCc2ccc(OC(F)F)cc2)c1O. The van der Waals surface area contributed by atoms with Crippen molar-refractivity contribution in [2.75, 3.05) is 13.2 Å². The Morgan fingerprint density at radius 1 is 1.15 bits per heavy atom. The van der Waals surface area contributed by atoms with Gasteiger partial charge in [0.1, 0.15) is 17.1 Å². The van der Waals surface area contributed by atoms with Gasteiger partial charge in [-0.2, -0.15) is 8.78 Å². The molecule has 0 radical (unpaired) electrons. The van der Waals surface area contributed by atoms with Gasteiger partial charge in [0.05, 0.1) is 0 Å². The lowest BCUT2D eigenvalue weighted by molar-refractivity contribution is -0.124. The fraction of sp³-hybridized carbons (Fsp3) is 0.263. The molecule has 2 aromatic rings. The molecule has 0 bridgehead atoms. The zero-order valence-corrected chi connectivity index (χ0v) is 14.6. The Morgan fingerprint density at radius 3 is 2.52 bits per heavy atom. The molecule has 0 heterocycles. The number of alkyl halides is 2. The molecule has 0 aliphatic rings. The van der Waals surface area contributed by atoms with Gasteiger partial charge >= 0.3 is 12.6 Å². The van der Waals surface area contributed by atoms with Gasteiger partial charge in [0.2, 0.25) is 0 Å². The van der Waals surface area contributed by atoms with E-state index in [1.54, 1.807) is 31.2 Å². The van der Waals surface area contributed by atoms with E-state index in [9.17, 15) is 23.5 Å². The number of rotatable bonds is 8. The molecule has 8 heteroatoms. The Balaban J connectivity index is 1.73. The summed E-state index contributed by atoms with van der Waals surface area (Å²) in [5, 5.41) is 12.4. The van der Waals surface area contributed by atoms with Crippen LogP contribution in [0.25, 0.3) is 0 Å². The van der Waals surface area contributed by atoms with E-state index in [0.29, 0.717) is 12.0 Å². The number of carbonyl (C=O) groups excluding carboxylic acids is 2. The standard InChI is InChI=1S/C19H19F2NO5/c1-12-3-2-4-15(17(12)24)18(25)26-11-16(23)22-10-9-13-5-7-14(8-6-13)27-19(20)21/h2-8,19,24H,9-11H2,1H3,(H,22,23). The molecule has 6 nitrogen and oxygen atoms in total. The van der Waals surface area contributed by atoms with Gasteiger partial charge in [0.15, 0.2) is 6.61 Å². The van der Waals surface area contributed by atoms with Crippen molar-refractivity contribution in [1.29, 1.82) is 0 Å². The molecule has 0 saturated carbocycles. The highest BCUT2D eigenvalue weighted by molar-refractivity contribution is 5.94. The normalized spacial score (nSPS) is 10.5. The van der Waals surface area contributed by atoms with Crippen LogP contribution >= 0.6 is 0 Å². The predicted molar refractivity (Wildman–Crippen MR) is 92.9 cm³/mol. The van der Waals surface area contributed by atoms with E-state index in [2.05, 4.69) is 10.1 Å². The lowest BCUT2D eigenvalue weighted by Gasteiger charge is -2.09. The minimum atomic E-state index is -2.88. The van der Waals surface area contributed by atoms with E-state index in [4.69, 9.17) is 4.74 Å². The number of halogens is 2. The van der Waals surface area contributed by atoms with Crippen LogP contribution in [0.3, 0.4) is 0 Å². The van der Waals surface area contributed by atoms with Crippen molar-refractivity contribution in [1.82, 2.24) is 5.32 Å². The average Bonchev–Trinajstić information content (AvgIpc) is 2.63. The highest BCUT2D eigenvalue weighted by Crippen LogP contribution is 2.22. The van der Waals surface area contributed by atoms with Gasteiger partial charge < -0.3 is 19.9 Å². The summed E-state index contributed by atoms with van der Waals surface area (Å²) >= 11 is 0. The van der Waals surface area contributed by atoms with E-state index in [0.717, 1.165) is 5.56 Å². The molecule has 0 saturated heterocycles. The Labute approximate surface area is 154 Å². The summed E-state index contributed by atoms with van der Waals surface area (Å²) in [6, 6.07) is 10.7. The number of carbonyl (C=O) groups is 2. The lowest BCUT2D eigenvalue weighted by Crippen LogP contribution is -2.30. The van der Waals surface area contributed by atoms with Crippen molar-refractivity contribution in [3.05, 3.63) is 59.2 Å². The Hall–Kier alpha value is -3.16. The third-order valence-corrected chi connectivity index (χ3v) is 3.68. The quantitative estimate of drug-likeness (QED) is 0.689. The van der Waals surface area contributed by atoms with Crippen molar-refractivity contribution < 1.29 is 33.0 Å². The fourth-order valence-electron chi connectivity index (χ4n) is 2.27. The van der Waals surface area contributed by atoms with Crippen LogP contribution in [-0.2, 0) is 16.0 Å². The van der Waals surface area contributed by atoms with Gasteiger partial charge in [0.25, 0.3) is 5.91 Å². The smallest absolute Gasteiger partial charge is 0.387 e. The summed E-state index contributed by atoms with van der Waals surface area (Å²) in [7, 11) is 0. The highest BCUT2D eigenvalue weighted by Gasteiger charge is 2.15. The Kier molecular flexibility index (Phi) is 7.10. The van der Waals surface area contributed by atoms with Crippen LogP contribution < -0.4 is 10.1 Å². The maximum Gasteiger partial charge on any atom is 0.387 e. The van der Waals surface area contributed by atoms with Gasteiger partial charge in [0, 0.05) is 6.54 Å². The molecule has 0 aromatic heterocycles. The molecule has 0 fully saturated rings. The summed E-state index contributed by atoms with van der Waals surface area (Å²) in [5.74, 6) is -1.40. The molecule has 0 aliphatic heterocycles. The van der Waals surface area contributed by atoms with Crippen LogP contribution in [0.5, 0.6) is 11.5 Å². The molecule has 0 spiro atoms. The number of aromatic hydroxyl groups is 1. The van der Waals surface area contributed by atoms with E-state index in [-0.39, 0.29) is 23.6 Å². The number of benzene rings is 2. The molecule has 144 valence electrons. The maximum absolute atomic E-state index is 12.1. The third kappa shape index (κ3) is 6.25. The van der Waals surface area contributed by atoms with Gasteiger partial charge in [-0.3, -0.25) is 4.79 Å². The van der Waals surface area contributed by atoms with Crippen LogP contribution in [-0.4, -0.2) is 36.7 Å². The highest BCUT2D eigenvalue weighted by atomic mass is 19.3. The number of hydrogen-bond acceptors (Lipinski definition) is 5. The van der Waals surface area contributed by atoms with Crippen LogP contribution in [0, 0.1) is 6.92 Å². The van der Waals surface area contributed by atoms with E-state index in [1.807, 2.05) is 0 Å². The topological polar surface area (TPSA) is 84.9 Å². The minimum Gasteiger partial charge on any atom is -0.507 e. The zero-order chi connectivity index (χ0) is 19.8. The number of esters is 1. The minimum absolute atomic E-state index is 0.00564. The van der Waals surface area contributed by atoms with Gasteiger partial charge in [-0.1, -0.05) is 24.3 Å². The molecule has 2 rings (SSSR count). The van der Waals surface area contributed by atoms with Crippen molar-refractivity contribution in [3.63, 3.8) is 0 Å². The summed E-state index contributed by atoms with van der Waals surface area (Å²) in [5.41, 5.74) is 1.34. The number of phenolic OH excluding ortho intramolecular Hbond substituents is 1. The number of nitrogens with one attached hydrogen (secondary N) is 1. The van der Waals surface area contributed by atoms with Crippen molar-refractivity contribution >= 4 is 11.9 Å². The Bertz CT molecular complexity index is 793. The molecule has 27 heavy (non-hydrogen) atoms. The van der Waals surface area contributed by atoms with E-state index < -0.39 is 25.1 Å². The molecule has 1 amide bonds. The first-order chi connectivity index (χ1) is 12.9. The first-order valence-corrected chi connectivity index (χ1v) is 8.13. The molecule has 2 aromatic carbocycles. The molecule has 2 N–H and O–H groups in total. The second-order valence-corrected chi connectivity index (χ2v) is 5.67. The van der Waals surface area contributed by atoms with E-state index >= 15 is 0 Å². The Morgan fingerprint density at radius 2 is 1.85 bits per heavy atom. The molecule has 0 unspecified atom stereocenters. The summed E-state index contributed by atoms with van der Waals surface area (Å²) < 4.78 is 33.3. The van der Waals surface area contributed by atoms with Gasteiger partial charge in [-0.25, -0.2) is 4.79 Å². The first-order valence-electron chi connectivity index (χ1n) is 8.13. The number of aryl methyl sites for hydroxylation is 1. The maximum atomic E-state index is 12.1. The first kappa shape index (κ1) is 20.2. The summed E-state index contributed by atoms with van der Waals surface area (Å²) in [6.45, 7) is -1.43. The molecular formula is C19H19F2NO5. The van der Waals surface area contributed by atoms with Gasteiger partial charge in [-0.05, 0) is 42.7 Å². The summed E-state index contributed by atoms with van der Waals surface area (Å²) in [6.07, 6.45) is 0.466. The number of hydrogen-bond donors (Lipinski definition) is 2. The van der Waals surface area contributed by atoms with Crippen molar-refractivity contribution in [2.45, 2.75) is 20.0 Å². The number of para-hydroxylation sites is 1. The van der Waals surface area contributed by atoms with E-state index in [1.165, 1.54) is 18.2 Å². The number of amides is 1. The lowest BCUT2D eigenvalue weighted by atomic mass is 10.1. The van der Waals surface area contributed by atoms with Crippen molar-refractivity contribution in [3.8, 4) is 11.5 Å². The monoisotopic (exact) mass is 379 g/mol. The van der Waals surface area contributed by atoms with Crippen LogP contribution in [0.15, 0.2) is 42.5 Å². The second-order valence-electron chi connectivity index (χ2n) is 5.67. The van der Waals surface area contributed by atoms with Crippen LogP contribution in [0.4, 0.5) is 8.78 Å². The average molecular weight is 379 g/mol. The second kappa shape index (κ2) is 9.51. The zero-order valence-electron chi connectivity index (χ0n) is 14.6. The number of ether oxygens (including phenoxy) is 2. The largest absolute Gasteiger partial charge is 0.507 e. The summed E-state index contributed by atoms with van der Waals surface area (Å²) in [4.78, 5) is 23.6.